The van der Waals surface area contributed by atoms with E-state index < -0.39 is 5.82 Å². The minimum Gasteiger partial charge on any atom is -0.459 e. The Morgan fingerprint density at radius 1 is 1.19 bits per heavy atom. The second kappa shape index (κ2) is 4.65. The van der Waals surface area contributed by atoms with Gasteiger partial charge in [0.15, 0.2) is 5.82 Å². The number of hydrogen-bond donors (Lipinski definition) is 0. The molecule has 3 nitrogen and oxygen atoms in total. The third kappa shape index (κ3) is 2.73. The third-order valence-electron chi connectivity index (χ3n) is 1.83. The monoisotopic (exact) mass is 221 g/mol. The molecule has 1 radical (unpaired) electrons. The molecule has 0 aliphatic heterocycles. The standard InChI is InChI=1S/C11H7F2N2O/c12-9-3-1-8(2-4-9)7-16-11-14-5-10(13)6-15-11/h1-5H,7H2. The van der Waals surface area contributed by atoms with Crippen molar-refractivity contribution in [1.29, 1.82) is 0 Å². The van der Waals surface area contributed by atoms with Crippen molar-refractivity contribution in [2.75, 3.05) is 0 Å². The minimum atomic E-state index is -0.644. The molecule has 5 heteroatoms. The zero-order valence-corrected chi connectivity index (χ0v) is 8.15. The molecular formula is C11H7F2N2O. The van der Waals surface area contributed by atoms with Gasteiger partial charge in [0, 0.05) is 0 Å². The van der Waals surface area contributed by atoms with Crippen molar-refractivity contribution in [2.45, 2.75) is 6.61 Å². The molecule has 0 aliphatic rings. The number of hydrogen-bond acceptors (Lipinski definition) is 3. The molecule has 0 fully saturated rings. The van der Waals surface area contributed by atoms with Crippen LogP contribution in [0.3, 0.4) is 0 Å². The van der Waals surface area contributed by atoms with Gasteiger partial charge in [0.25, 0.3) is 0 Å². The second-order valence-electron chi connectivity index (χ2n) is 3.03. The Bertz CT molecular complexity index is 411. The summed E-state index contributed by atoms with van der Waals surface area (Å²) in [5, 5.41) is 0. The zero-order valence-electron chi connectivity index (χ0n) is 8.15. The average molecular weight is 221 g/mol. The summed E-state index contributed by atoms with van der Waals surface area (Å²) in [7, 11) is 0. The summed E-state index contributed by atoms with van der Waals surface area (Å²) in [5.74, 6) is -0.954. The van der Waals surface area contributed by atoms with E-state index >= 15 is 0 Å². The topological polar surface area (TPSA) is 35.0 Å². The van der Waals surface area contributed by atoms with Gasteiger partial charge < -0.3 is 4.74 Å². The number of ether oxygens (including phenoxy) is 1. The summed E-state index contributed by atoms with van der Waals surface area (Å²) >= 11 is 0. The highest BCUT2D eigenvalue weighted by Crippen LogP contribution is 2.07. The Morgan fingerprint density at radius 2 is 1.94 bits per heavy atom. The molecule has 1 aromatic heterocycles. The van der Waals surface area contributed by atoms with E-state index in [2.05, 4.69) is 16.2 Å². The Morgan fingerprint density at radius 3 is 2.56 bits per heavy atom. The van der Waals surface area contributed by atoms with Crippen LogP contribution in [-0.4, -0.2) is 9.97 Å². The minimum absolute atomic E-state index is 0.0331. The van der Waals surface area contributed by atoms with Gasteiger partial charge in [-0.2, -0.15) is 4.98 Å². The number of benzene rings is 1. The van der Waals surface area contributed by atoms with Crippen LogP contribution in [0.5, 0.6) is 6.01 Å². The zero-order chi connectivity index (χ0) is 11.4. The smallest absolute Gasteiger partial charge is 0.317 e. The third-order valence-corrected chi connectivity index (χ3v) is 1.83. The molecule has 2 aromatic rings. The molecule has 0 saturated carbocycles. The molecule has 0 aliphatic carbocycles. The van der Waals surface area contributed by atoms with Crippen molar-refractivity contribution >= 4 is 0 Å². The lowest BCUT2D eigenvalue weighted by molar-refractivity contribution is 0.279. The van der Waals surface area contributed by atoms with E-state index in [1.54, 1.807) is 12.1 Å². The van der Waals surface area contributed by atoms with Crippen LogP contribution in [0, 0.1) is 17.8 Å². The van der Waals surface area contributed by atoms with Crippen molar-refractivity contribution in [3.05, 3.63) is 53.9 Å². The molecule has 1 heterocycles. The highest BCUT2D eigenvalue weighted by molar-refractivity contribution is 5.15. The first-order valence-corrected chi connectivity index (χ1v) is 4.51. The number of rotatable bonds is 3. The molecule has 0 unspecified atom stereocenters. The molecule has 0 atom stereocenters. The molecule has 0 N–H and O–H groups in total. The van der Waals surface area contributed by atoms with Crippen LogP contribution in [0.15, 0.2) is 30.5 Å². The first-order valence-electron chi connectivity index (χ1n) is 4.51. The summed E-state index contributed by atoms with van der Waals surface area (Å²) in [4.78, 5) is 7.10. The lowest BCUT2D eigenvalue weighted by Gasteiger charge is -2.03. The molecule has 0 bridgehead atoms. The normalized spacial score (nSPS) is 10.1. The molecule has 0 amide bonds. The molecule has 16 heavy (non-hydrogen) atoms. The summed E-state index contributed by atoms with van der Waals surface area (Å²) < 4.78 is 30.1. The fourth-order valence-electron chi connectivity index (χ4n) is 1.07. The summed E-state index contributed by atoms with van der Waals surface area (Å²) in [6, 6.07) is 5.86. The van der Waals surface area contributed by atoms with Gasteiger partial charge in [-0.15, -0.1) is 0 Å². The quantitative estimate of drug-likeness (QED) is 0.796. The molecule has 1 aromatic carbocycles. The van der Waals surface area contributed by atoms with Crippen LogP contribution in [0.25, 0.3) is 0 Å². The summed E-state index contributed by atoms with van der Waals surface area (Å²) in [6.07, 6.45) is 3.05. The molecular weight excluding hydrogens is 214 g/mol. The molecule has 0 spiro atoms. The van der Waals surface area contributed by atoms with Gasteiger partial charge in [-0.05, 0) is 17.7 Å². The maximum atomic E-state index is 12.6. The van der Waals surface area contributed by atoms with Gasteiger partial charge >= 0.3 is 6.01 Å². The van der Waals surface area contributed by atoms with Crippen LogP contribution in [-0.2, 0) is 6.61 Å². The Labute approximate surface area is 90.7 Å². The van der Waals surface area contributed by atoms with Crippen molar-refractivity contribution in [3.63, 3.8) is 0 Å². The average Bonchev–Trinajstić information content (AvgIpc) is 2.30. The summed E-state index contributed by atoms with van der Waals surface area (Å²) in [5.41, 5.74) is 0.773. The van der Waals surface area contributed by atoms with E-state index in [0.717, 1.165) is 11.8 Å². The highest BCUT2D eigenvalue weighted by atomic mass is 19.1. The van der Waals surface area contributed by atoms with Gasteiger partial charge in [0.1, 0.15) is 18.6 Å². The maximum Gasteiger partial charge on any atom is 0.317 e. The van der Waals surface area contributed by atoms with Crippen LogP contribution >= 0.6 is 0 Å². The number of nitrogens with zero attached hydrogens (tertiary/aromatic N) is 2. The van der Waals surface area contributed by atoms with E-state index in [0.29, 0.717) is 0 Å². The van der Waals surface area contributed by atoms with E-state index in [1.807, 2.05) is 0 Å². The van der Waals surface area contributed by atoms with Gasteiger partial charge in [-0.3, -0.25) is 0 Å². The predicted molar refractivity (Wildman–Crippen MR) is 51.6 cm³/mol. The first kappa shape index (κ1) is 10.5. The Balaban J connectivity index is 1.97. The van der Waals surface area contributed by atoms with Crippen molar-refractivity contribution in [3.8, 4) is 6.01 Å². The van der Waals surface area contributed by atoms with Crippen molar-refractivity contribution < 1.29 is 13.5 Å². The Kier molecular flexibility index (Phi) is 3.05. The van der Waals surface area contributed by atoms with Crippen LogP contribution in [0.1, 0.15) is 5.56 Å². The van der Waals surface area contributed by atoms with Gasteiger partial charge in [0.05, 0.1) is 6.20 Å². The number of aromatic nitrogens is 2. The van der Waals surface area contributed by atoms with Crippen LogP contribution < -0.4 is 4.74 Å². The fourth-order valence-corrected chi connectivity index (χ4v) is 1.07. The van der Waals surface area contributed by atoms with Gasteiger partial charge in [-0.1, -0.05) is 12.1 Å². The van der Waals surface area contributed by atoms with Gasteiger partial charge in [0.2, 0.25) is 0 Å². The maximum absolute atomic E-state index is 12.6. The van der Waals surface area contributed by atoms with E-state index in [-0.39, 0.29) is 18.4 Å². The van der Waals surface area contributed by atoms with Crippen LogP contribution in [0.2, 0.25) is 0 Å². The lowest BCUT2D eigenvalue weighted by Crippen LogP contribution is -1.99. The van der Waals surface area contributed by atoms with Crippen LogP contribution in [0.4, 0.5) is 8.78 Å². The molecule has 0 saturated heterocycles. The predicted octanol–water partition coefficient (Wildman–Crippen LogP) is 2.13. The fraction of sp³-hybridized carbons (Fsp3) is 0.0909. The van der Waals surface area contributed by atoms with E-state index in [9.17, 15) is 8.78 Å². The number of halogens is 2. The van der Waals surface area contributed by atoms with Crippen molar-refractivity contribution in [2.24, 2.45) is 0 Å². The lowest BCUT2D eigenvalue weighted by atomic mass is 10.2. The van der Waals surface area contributed by atoms with E-state index in [1.165, 1.54) is 12.1 Å². The van der Waals surface area contributed by atoms with Crippen molar-refractivity contribution in [1.82, 2.24) is 9.97 Å². The van der Waals surface area contributed by atoms with E-state index in [4.69, 9.17) is 4.74 Å². The summed E-state index contributed by atoms with van der Waals surface area (Å²) in [6.45, 7) is 0.194. The highest BCUT2D eigenvalue weighted by Gasteiger charge is 2.00. The first-order chi connectivity index (χ1) is 7.74. The molecule has 81 valence electrons. The SMILES string of the molecule is Fc1[c]nc(OCc2ccc(F)cc2)nc1. The Hall–Kier alpha value is -2.04. The largest absolute Gasteiger partial charge is 0.459 e. The second-order valence-corrected chi connectivity index (χ2v) is 3.03. The van der Waals surface area contributed by atoms with Gasteiger partial charge in [-0.25, -0.2) is 13.8 Å². The molecule has 2 rings (SSSR count).